The number of nitrogens with zero attached hydrogens (tertiary/aromatic N) is 5. The molecule has 0 spiro atoms. The highest BCUT2D eigenvalue weighted by Crippen LogP contribution is 2.31. The summed E-state index contributed by atoms with van der Waals surface area (Å²) in [5.74, 6) is -0.821. The van der Waals surface area contributed by atoms with E-state index in [1.807, 2.05) is 6.92 Å². The van der Waals surface area contributed by atoms with Crippen molar-refractivity contribution >= 4 is 22.6 Å². The van der Waals surface area contributed by atoms with E-state index in [-0.39, 0.29) is 42.1 Å². The second kappa shape index (κ2) is 8.23. The third-order valence-electron chi connectivity index (χ3n) is 6.03. The molecule has 0 radical (unpaired) electrons. The van der Waals surface area contributed by atoms with Crippen LogP contribution in [0.5, 0.6) is 0 Å². The molecule has 0 N–H and O–H groups in total. The smallest absolute Gasteiger partial charge is 0.264 e. The van der Waals surface area contributed by atoms with Crippen LogP contribution in [0.2, 0.25) is 0 Å². The van der Waals surface area contributed by atoms with E-state index in [2.05, 4.69) is 10.1 Å². The number of halogens is 2. The number of fused-ring (bicyclic) bond motifs is 2. The number of anilines is 1. The molecular formula is C24H21F2N5O2. The molecule has 7 nitrogen and oxygen atoms in total. The summed E-state index contributed by atoms with van der Waals surface area (Å²) >= 11 is 0. The molecule has 1 amide bonds. The van der Waals surface area contributed by atoms with Crippen molar-refractivity contribution in [3.05, 3.63) is 82.5 Å². The maximum absolute atomic E-state index is 13.6. The van der Waals surface area contributed by atoms with E-state index in [1.54, 1.807) is 23.1 Å². The number of carbonyl (C=O) groups excluding carboxylic acids is 1. The first kappa shape index (κ1) is 21.0. The topological polar surface area (TPSA) is 73.0 Å². The molecule has 0 aliphatic carbocycles. The molecule has 1 aliphatic heterocycles. The largest absolute Gasteiger partial charge is 0.309 e. The van der Waals surface area contributed by atoms with Crippen LogP contribution < -0.4 is 10.5 Å². The van der Waals surface area contributed by atoms with Gasteiger partial charge in [0.25, 0.3) is 5.56 Å². The summed E-state index contributed by atoms with van der Waals surface area (Å²) in [5, 5.41) is 4.53. The average molecular weight is 449 g/mol. The molecule has 33 heavy (non-hydrogen) atoms. The summed E-state index contributed by atoms with van der Waals surface area (Å²) in [4.78, 5) is 32.1. The Hall–Kier alpha value is -3.88. The van der Waals surface area contributed by atoms with Gasteiger partial charge in [-0.05, 0) is 67.8 Å². The number of benzene rings is 2. The predicted octanol–water partition coefficient (Wildman–Crippen LogP) is 3.62. The van der Waals surface area contributed by atoms with Gasteiger partial charge >= 0.3 is 0 Å². The van der Waals surface area contributed by atoms with E-state index in [9.17, 15) is 18.4 Å². The maximum Gasteiger partial charge on any atom is 0.264 e. The Kier molecular flexibility index (Phi) is 5.24. The van der Waals surface area contributed by atoms with E-state index in [0.29, 0.717) is 16.7 Å². The predicted molar refractivity (Wildman–Crippen MR) is 119 cm³/mol. The Morgan fingerprint density at radius 2 is 1.88 bits per heavy atom. The first-order valence-electron chi connectivity index (χ1n) is 10.7. The fourth-order valence-corrected chi connectivity index (χ4v) is 4.32. The Labute approximate surface area is 187 Å². The standard InChI is InChI=1S/C24H21F2N5O2/c1-15-2-3-16-12-18(26)6-9-21(16)30(15)22(32)10-11-29-14-27-23-20(24(29)33)13-28-31(23)19-7-4-17(25)5-8-19/h4-9,12-15H,2-3,10-11H2,1H3. The molecule has 4 aromatic rings. The van der Waals surface area contributed by atoms with Crippen molar-refractivity contribution < 1.29 is 13.6 Å². The molecule has 5 rings (SSSR count). The Bertz CT molecular complexity index is 1410. The van der Waals surface area contributed by atoms with E-state index in [0.717, 1.165) is 24.1 Å². The van der Waals surface area contributed by atoms with Crippen LogP contribution in [-0.4, -0.2) is 31.3 Å². The van der Waals surface area contributed by atoms with Gasteiger partial charge in [-0.1, -0.05) is 0 Å². The van der Waals surface area contributed by atoms with Crippen LogP contribution in [0.4, 0.5) is 14.5 Å². The van der Waals surface area contributed by atoms with Gasteiger partial charge in [-0.15, -0.1) is 0 Å². The summed E-state index contributed by atoms with van der Waals surface area (Å²) < 4.78 is 29.7. The van der Waals surface area contributed by atoms with Crippen LogP contribution in [0.1, 0.15) is 25.3 Å². The second-order valence-electron chi connectivity index (χ2n) is 8.19. The van der Waals surface area contributed by atoms with Crippen molar-refractivity contribution in [1.82, 2.24) is 19.3 Å². The third kappa shape index (κ3) is 3.79. The van der Waals surface area contributed by atoms with Gasteiger partial charge in [0.1, 0.15) is 17.0 Å². The quantitative estimate of drug-likeness (QED) is 0.477. The Morgan fingerprint density at radius 1 is 1.12 bits per heavy atom. The van der Waals surface area contributed by atoms with Crippen LogP contribution in [0.25, 0.3) is 16.7 Å². The fraction of sp³-hybridized carbons (Fsp3) is 0.250. The van der Waals surface area contributed by atoms with Crippen molar-refractivity contribution in [1.29, 1.82) is 0 Å². The first-order valence-corrected chi connectivity index (χ1v) is 10.7. The molecule has 3 heterocycles. The van der Waals surface area contributed by atoms with Crippen molar-refractivity contribution in [2.75, 3.05) is 4.90 Å². The van der Waals surface area contributed by atoms with Crippen molar-refractivity contribution in [2.45, 2.75) is 38.8 Å². The molecule has 1 unspecified atom stereocenters. The molecule has 0 fully saturated rings. The van der Waals surface area contributed by atoms with Gasteiger partial charge in [-0.2, -0.15) is 5.10 Å². The minimum Gasteiger partial charge on any atom is -0.309 e. The molecule has 0 bridgehead atoms. The number of aromatic nitrogens is 4. The first-order chi connectivity index (χ1) is 15.9. The molecule has 1 atom stereocenters. The van der Waals surface area contributed by atoms with E-state index < -0.39 is 0 Å². The SMILES string of the molecule is CC1CCc2cc(F)ccc2N1C(=O)CCn1cnc2c(cnn2-c2ccc(F)cc2)c1=O. The normalized spacial score (nSPS) is 15.6. The monoisotopic (exact) mass is 449 g/mol. The zero-order chi connectivity index (χ0) is 23.1. The van der Waals surface area contributed by atoms with E-state index in [4.69, 9.17) is 0 Å². The number of hydrogen-bond donors (Lipinski definition) is 0. The number of carbonyl (C=O) groups is 1. The van der Waals surface area contributed by atoms with Gasteiger partial charge in [-0.25, -0.2) is 18.4 Å². The summed E-state index contributed by atoms with van der Waals surface area (Å²) in [6.07, 6.45) is 4.38. The van der Waals surface area contributed by atoms with Gasteiger partial charge in [0.15, 0.2) is 5.65 Å². The number of rotatable bonds is 4. The van der Waals surface area contributed by atoms with Crippen LogP contribution >= 0.6 is 0 Å². The molecule has 2 aromatic heterocycles. The summed E-state index contributed by atoms with van der Waals surface area (Å²) in [5.41, 5.74) is 2.17. The molecule has 9 heteroatoms. The number of hydrogen-bond acceptors (Lipinski definition) is 4. The van der Waals surface area contributed by atoms with Crippen molar-refractivity contribution in [2.24, 2.45) is 0 Å². The van der Waals surface area contributed by atoms with Crippen LogP contribution in [0.15, 0.2) is 59.8 Å². The van der Waals surface area contributed by atoms with E-state index in [1.165, 1.54) is 46.0 Å². The molecule has 0 saturated heterocycles. The zero-order valence-corrected chi connectivity index (χ0v) is 17.9. The van der Waals surface area contributed by atoms with Gasteiger partial charge in [0.2, 0.25) is 5.91 Å². The lowest BCUT2D eigenvalue weighted by Crippen LogP contribution is -2.42. The van der Waals surface area contributed by atoms with Crippen molar-refractivity contribution in [3.63, 3.8) is 0 Å². The average Bonchev–Trinajstić information content (AvgIpc) is 3.24. The summed E-state index contributed by atoms with van der Waals surface area (Å²) in [6.45, 7) is 2.12. The molecule has 168 valence electrons. The minimum absolute atomic E-state index is 0.0123. The van der Waals surface area contributed by atoms with E-state index >= 15 is 0 Å². The molecular weight excluding hydrogens is 428 g/mol. The van der Waals surface area contributed by atoms with Gasteiger partial charge in [0, 0.05) is 24.7 Å². The summed E-state index contributed by atoms with van der Waals surface area (Å²) in [6, 6.07) is 10.2. The third-order valence-corrected chi connectivity index (χ3v) is 6.03. The van der Waals surface area contributed by atoms with Gasteiger partial charge in [0.05, 0.1) is 18.2 Å². The highest BCUT2D eigenvalue weighted by atomic mass is 19.1. The zero-order valence-electron chi connectivity index (χ0n) is 17.9. The van der Waals surface area contributed by atoms with Gasteiger partial charge < -0.3 is 4.90 Å². The molecule has 2 aromatic carbocycles. The van der Waals surface area contributed by atoms with Crippen LogP contribution in [0.3, 0.4) is 0 Å². The summed E-state index contributed by atoms with van der Waals surface area (Å²) in [7, 11) is 0. The highest BCUT2D eigenvalue weighted by Gasteiger charge is 2.28. The number of amides is 1. The number of aryl methyl sites for hydroxylation is 2. The Morgan fingerprint density at radius 3 is 2.67 bits per heavy atom. The molecule has 0 saturated carbocycles. The van der Waals surface area contributed by atoms with Crippen LogP contribution in [-0.2, 0) is 17.8 Å². The fourth-order valence-electron chi connectivity index (χ4n) is 4.32. The Balaban J connectivity index is 1.38. The highest BCUT2D eigenvalue weighted by molar-refractivity contribution is 5.95. The van der Waals surface area contributed by atoms with Gasteiger partial charge in [-0.3, -0.25) is 14.2 Å². The maximum atomic E-state index is 13.6. The lowest BCUT2D eigenvalue weighted by Gasteiger charge is -2.35. The van der Waals surface area contributed by atoms with Crippen LogP contribution in [0, 0.1) is 11.6 Å². The minimum atomic E-state index is -0.369. The lowest BCUT2D eigenvalue weighted by molar-refractivity contribution is -0.119. The molecule has 1 aliphatic rings. The lowest BCUT2D eigenvalue weighted by atomic mass is 9.96. The van der Waals surface area contributed by atoms with Crippen molar-refractivity contribution in [3.8, 4) is 5.69 Å². The second-order valence-corrected chi connectivity index (χ2v) is 8.19.